The van der Waals surface area contributed by atoms with E-state index in [2.05, 4.69) is 4.40 Å². The highest BCUT2D eigenvalue weighted by Crippen LogP contribution is 2.40. The van der Waals surface area contributed by atoms with E-state index in [1.165, 1.54) is 13.0 Å². The maximum absolute atomic E-state index is 12.4. The van der Waals surface area contributed by atoms with Crippen LogP contribution in [0.4, 0.5) is 5.69 Å². The number of halogens is 4. The van der Waals surface area contributed by atoms with Gasteiger partial charge >= 0.3 is 0 Å². The number of sulfonamides is 1. The molecule has 0 unspecified atom stereocenters. The summed E-state index contributed by atoms with van der Waals surface area (Å²) in [6.07, 6.45) is 0. The number of hydrogen-bond acceptors (Lipinski definition) is 5. The zero-order valence-electron chi connectivity index (χ0n) is 12.2. The topological polar surface area (TPSA) is 107 Å². The van der Waals surface area contributed by atoms with Gasteiger partial charge in [-0.3, -0.25) is 14.9 Å². The third-order valence-electron chi connectivity index (χ3n) is 3.32. The van der Waals surface area contributed by atoms with Crippen molar-refractivity contribution in [1.82, 2.24) is 0 Å². The Morgan fingerprint density at radius 1 is 1.28 bits per heavy atom. The molecule has 0 heterocycles. The molecule has 1 aromatic carbocycles. The normalized spacial score (nSPS) is 26.2. The van der Waals surface area contributed by atoms with Gasteiger partial charge in [-0.15, -0.1) is 23.2 Å². The lowest BCUT2D eigenvalue weighted by molar-refractivity contribution is -0.385. The Labute approximate surface area is 162 Å². The minimum Gasteiger partial charge on any atom is -0.291 e. The highest BCUT2D eigenvalue weighted by molar-refractivity contribution is 7.90. The summed E-state index contributed by atoms with van der Waals surface area (Å²) in [6, 6.07) is 4.25. The summed E-state index contributed by atoms with van der Waals surface area (Å²) < 4.78 is 28.4. The van der Waals surface area contributed by atoms with Crippen molar-refractivity contribution in [2.75, 3.05) is 0 Å². The molecule has 0 aliphatic heterocycles. The second-order valence-electron chi connectivity index (χ2n) is 5.10. The average Bonchev–Trinajstić information content (AvgIpc) is 2.56. The molecule has 25 heavy (non-hydrogen) atoms. The quantitative estimate of drug-likeness (QED) is 0.401. The number of non-ortho nitro benzene ring substituents is 1. The Morgan fingerprint density at radius 3 is 2.44 bits per heavy atom. The predicted molar refractivity (Wildman–Crippen MR) is 95.4 cm³/mol. The van der Waals surface area contributed by atoms with Crippen molar-refractivity contribution < 1.29 is 18.1 Å². The van der Waals surface area contributed by atoms with Crippen LogP contribution >= 0.6 is 46.4 Å². The molecule has 0 saturated carbocycles. The van der Waals surface area contributed by atoms with E-state index in [9.17, 15) is 23.3 Å². The summed E-state index contributed by atoms with van der Waals surface area (Å²) in [4.78, 5) is 19.8. The fraction of sp³-hybridized carbons (Fsp3) is 0.231. The van der Waals surface area contributed by atoms with Crippen LogP contribution in [-0.4, -0.2) is 35.1 Å². The van der Waals surface area contributed by atoms with Gasteiger partial charge in [0.15, 0.2) is 5.78 Å². The molecule has 0 radical (unpaired) electrons. The molecule has 0 aromatic heterocycles. The van der Waals surface area contributed by atoms with E-state index in [0.29, 0.717) is 0 Å². The van der Waals surface area contributed by atoms with Gasteiger partial charge in [0.2, 0.25) is 0 Å². The standard InChI is InChI=1S/C13H8Cl4N2O5S/c1-13(17)11(16)10(8(14)9(15)12(13)20)18-25(23,24)7-4-2-3-6(5-7)19(21)22/h2-5,11H,1H3/t11-,13-/m0/s1. The second kappa shape index (κ2) is 6.85. The lowest BCUT2D eigenvalue weighted by Crippen LogP contribution is -2.47. The second-order valence-corrected chi connectivity index (χ2v) is 8.68. The van der Waals surface area contributed by atoms with Crippen LogP contribution in [0.2, 0.25) is 0 Å². The van der Waals surface area contributed by atoms with Crippen molar-refractivity contribution in [3.8, 4) is 0 Å². The fourth-order valence-electron chi connectivity index (χ4n) is 1.94. The maximum Gasteiger partial charge on any atom is 0.282 e. The van der Waals surface area contributed by atoms with Gasteiger partial charge in [-0.05, 0) is 13.0 Å². The van der Waals surface area contributed by atoms with E-state index in [0.717, 1.165) is 18.2 Å². The first kappa shape index (κ1) is 20.1. The summed E-state index contributed by atoms with van der Waals surface area (Å²) in [7, 11) is -4.42. The van der Waals surface area contributed by atoms with Gasteiger partial charge in [0.25, 0.3) is 15.7 Å². The molecule has 1 aromatic rings. The van der Waals surface area contributed by atoms with E-state index in [-0.39, 0.29) is 0 Å². The number of rotatable bonds is 3. The highest BCUT2D eigenvalue weighted by atomic mass is 35.5. The monoisotopic (exact) mass is 444 g/mol. The molecule has 2 atom stereocenters. The number of benzene rings is 1. The molecule has 0 bridgehead atoms. The highest BCUT2D eigenvalue weighted by Gasteiger charge is 2.49. The third-order valence-corrected chi connectivity index (χ3v) is 6.59. The molecule has 0 N–H and O–H groups in total. The summed E-state index contributed by atoms with van der Waals surface area (Å²) in [5.41, 5.74) is -0.860. The first-order valence-electron chi connectivity index (χ1n) is 6.42. The summed E-state index contributed by atoms with van der Waals surface area (Å²) in [6.45, 7) is 1.25. The molecule has 7 nitrogen and oxygen atoms in total. The van der Waals surface area contributed by atoms with Crippen LogP contribution in [0, 0.1) is 10.1 Å². The minimum atomic E-state index is -4.42. The number of carbonyl (C=O) groups excluding carboxylic acids is 1. The number of Topliss-reactive ketones (excluding diaryl/α,β-unsaturated/α-hetero) is 1. The Morgan fingerprint density at radius 2 is 1.88 bits per heavy atom. The van der Waals surface area contributed by atoms with Gasteiger partial charge in [-0.1, -0.05) is 29.3 Å². The summed E-state index contributed by atoms with van der Waals surface area (Å²) >= 11 is 23.8. The van der Waals surface area contributed by atoms with Crippen LogP contribution in [0.3, 0.4) is 0 Å². The van der Waals surface area contributed by atoms with Crippen molar-refractivity contribution >= 4 is 73.6 Å². The molecule has 0 amide bonds. The van der Waals surface area contributed by atoms with Crippen molar-refractivity contribution in [2.45, 2.75) is 22.1 Å². The van der Waals surface area contributed by atoms with Gasteiger partial charge in [0.1, 0.15) is 15.3 Å². The number of nitro groups is 1. The zero-order chi connectivity index (χ0) is 19.2. The molecular formula is C13H8Cl4N2O5S. The lowest BCUT2D eigenvalue weighted by atomic mass is 9.91. The number of allylic oxidation sites excluding steroid dienone is 2. The van der Waals surface area contributed by atoms with Crippen LogP contribution < -0.4 is 0 Å². The molecule has 0 spiro atoms. The van der Waals surface area contributed by atoms with Crippen molar-refractivity contribution in [3.63, 3.8) is 0 Å². The number of nitro benzene ring substituents is 1. The molecule has 12 heteroatoms. The van der Waals surface area contributed by atoms with Gasteiger partial charge in [0.05, 0.1) is 20.6 Å². The van der Waals surface area contributed by atoms with Gasteiger partial charge in [-0.25, -0.2) is 0 Å². The van der Waals surface area contributed by atoms with Crippen molar-refractivity contribution in [1.29, 1.82) is 0 Å². The third kappa shape index (κ3) is 3.68. The smallest absolute Gasteiger partial charge is 0.282 e. The lowest BCUT2D eigenvalue weighted by Gasteiger charge is -2.31. The molecule has 2 rings (SSSR count). The van der Waals surface area contributed by atoms with Gasteiger partial charge < -0.3 is 0 Å². The molecule has 0 fully saturated rings. The zero-order valence-corrected chi connectivity index (χ0v) is 16.1. The van der Waals surface area contributed by atoms with Crippen LogP contribution in [0.5, 0.6) is 0 Å². The molecular weight excluding hydrogens is 438 g/mol. The Kier molecular flexibility index (Phi) is 5.51. The first-order chi connectivity index (χ1) is 11.4. The van der Waals surface area contributed by atoms with Crippen LogP contribution in [0.15, 0.2) is 43.6 Å². The molecule has 134 valence electrons. The number of alkyl halides is 2. The van der Waals surface area contributed by atoms with Crippen molar-refractivity contribution in [3.05, 3.63) is 44.4 Å². The van der Waals surface area contributed by atoms with E-state index in [1.54, 1.807) is 0 Å². The van der Waals surface area contributed by atoms with Gasteiger partial charge in [0, 0.05) is 12.1 Å². The SMILES string of the molecule is C[C@@]1(Cl)C(=O)C(Cl)=C(Cl)C(=NS(=O)(=O)c2cccc([N+](=O)[O-])c2)[C@@H]1Cl. The Hall–Kier alpha value is -1.19. The summed E-state index contributed by atoms with van der Waals surface area (Å²) in [5, 5.41) is 8.47. The van der Waals surface area contributed by atoms with Crippen LogP contribution in [-0.2, 0) is 14.8 Å². The number of carbonyl (C=O) groups is 1. The Balaban J connectivity index is 2.63. The largest absolute Gasteiger partial charge is 0.291 e. The average molecular weight is 446 g/mol. The number of ketones is 1. The molecule has 0 saturated heterocycles. The fourth-order valence-corrected chi connectivity index (χ4v) is 4.21. The van der Waals surface area contributed by atoms with E-state index in [4.69, 9.17) is 46.4 Å². The van der Waals surface area contributed by atoms with Gasteiger partial charge in [-0.2, -0.15) is 12.8 Å². The van der Waals surface area contributed by atoms with E-state index >= 15 is 0 Å². The summed E-state index contributed by atoms with van der Waals surface area (Å²) in [5.74, 6) is -0.771. The number of nitrogens with zero attached hydrogens (tertiary/aromatic N) is 2. The van der Waals surface area contributed by atoms with Crippen LogP contribution in [0.1, 0.15) is 6.92 Å². The number of hydrogen-bond donors (Lipinski definition) is 0. The minimum absolute atomic E-state index is 0.420. The molecule has 1 aliphatic rings. The first-order valence-corrected chi connectivity index (χ1v) is 9.43. The Bertz CT molecular complexity index is 939. The molecule has 1 aliphatic carbocycles. The maximum atomic E-state index is 12.4. The van der Waals surface area contributed by atoms with Crippen LogP contribution in [0.25, 0.3) is 0 Å². The predicted octanol–water partition coefficient (Wildman–Crippen LogP) is 3.60. The van der Waals surface area contributed by atoms with Crippen molar-refractivity contribution in [2.24, 2.45) is 4.40 Å². The van der Waals surface area contributed by atoms with E-state index < -0.39 is 57.3 Å². The van der Waals surface area contributed by atoms with E-state index in [1.807, 2.05) is 0 Å².